The van der Waals surface area contributed by atoms with E-state index in [-0.39, 0.29) is 41.7 Å². The number of fused-ring (bicyclic) bond motifs is 1. The number of anilines is 1. The third-order valence-corrected chi connectivity index (χ3v) is 3.92. The van der Waals surface area contributed by atoms with Crippen molar-refractivity contribution < 1.29 is 20.1 Å². The monoisotopic (exact) mass is 374 g/mol. The van der Waals surface area contributed by atoms with Gasteiger partial charge in [0.2, 0.25) is 5.95 Å². The zero-order valence-electron chi connectivity index (χ0n) is 14.1. The predicted molar refractivity (Wildman–Crippen MR) is 95.1 cm³/mol. The van der Waals surface area contributed by atoms with E-state index in [4.69, 9.17) is 5.73 Å². The van der Waals surface area contributed by atoms with Gasteiger partial charge in [-0.1, -0.05) is 6.07 Å². The molecule has 3 rings (SSSR count). The normalized spacial score (nSPS) is 12.2. The molecule has 0 fully saturated rings. The maximum absolute atomic E-state index is 12.1. The Bertz CT molecular complexity index is 1040. The number of phenols is 2. The largest absolute Gasteiger partial charge is 0.504 e. The zero-order valence-corrected chi connectivity index (χ0v) is 14.1. The lowest BCUT2D eigenvalue weighted by Gasteiger charge is -2.12. The standard InChI is InChI=1S/C16H18N6O5/c17-16-20-13-12(15(27)21-16)19-7-22(13)6-11(25)14(26)18-4-3-8-1-2-9(23)10(24)5-8/h1-2,5,7,11,23-25H,3-4,6H2,(H,18,26)(H3,17,20,21,27). The van der Waals surface area contributed by atoms with Crippen molar-refractivity contribution in [3.63, 3.8) is 0 Å². The first-order valence-electron chi connectivity index (χ1n) is 8.02. The van der Waals surface area contributed by atoms with Crippen LogP contribution in [0.5, 0.6) is 11.5 Å². The molecule has 3 aromatic rings. The second-order valence-corrected chi connectivity index (χ2v) is 5.90. The Hall–Kier alpha value is -3.60. The van der Waals surface area contributed by atoms with E-state index < -0.39 is 17.6 Å². The third kappa shape index (κ3) is 3.98. The number of aromatic amines is 1. The summed E-state index contributed by atoms with van der Waals surface area (Å²) in [7, 11) is 0. The number of imidazole rings is 1. The summed E-state index contributed by atoms with van der Waals surface area (Å²) in [5.74, 6) is -1.17. The maximum atomic E-state index is 12.1. The molecule has 1 atom stereocenters. The highest BCUT2D eigenvalue weighted by molar-refractivity contribution is 5.80. The quantitative estimate of drug-likeness (QED) is 0.292. The van der Waals surface area contributed by atoms with E-state index in [1.165, 1.54) is 23.0 Å². The van der Waals surface area contributed by atoms with Gasteiger partial charge in [-0.05, 0) is 24.1 Å². The molecule has 11 nitrogen and oxygen atoms in total. The van der Waals surface area contributed by atoms with E-state index in [1.807, 2.05) is 0 Å². The lowest BCUT2D eigenvalue weighted by molar-refractivity contribution is -0.129. The number of nitrogens with one attached hydrogen (secondary N) is 2. The molecule has 0 saturated carbocycles. The molecule has 1 aromatic carbocycles. The number of nitrogens with zero attached hydrogens (tertiary/aromatic N) is 3. The van der Waals surface area contributed by atoms with Gasteiger partial charge in [-0.25, -0.2) is 4.98 Å². The van der Waals surface area contributed by atoms with Crippen molar-refractivity contribution in [2.24, 2.45) is 0 Å². The van der Waals surface area contributed by atoms with Crippen LogP contribution < -0.4 is 16.6 Å². The molecular weight excluding hydrogens is 356 g/mol. The van der Waals surface area contributed by atoms with E-state index in [9.17, 15) is 24.9 Å². The number of aromatic hydroxyl groups is 2. The van der Waals surface area contributed by atoms with Gasteiger partial charge in [-0.2, -0.15) is 4.98 Å². The Morgan fingerprint density at radius 1 is 1.33 bits per heavy atom. The first kappa shape index (κ1) is 18.2. The fourth-order valence-electron chi connectivity index (χ4n) is 2.55. The highest BCUT2D eigenvalue weighted by Crippen LogP contribution is 2.24. The van der Waals surface area contributed by atoms with E-state index in [0.29, 0.717) is 12.0 Å². The summed E-state index contributed by atoms with van der Waals surface area (Å²) in [6, 6.07) is 4.36. The van der Waals surface area contributed by atoms with Crippen LogP contribution in [0.4, 0.5) is 5.95 Å². The third-order valence-electron chi connectivity index (χ3n) is 3.92. The fraction of sp³-hybridized carbons (Fsp3) is 0.250. The number of benzene rings is 1. The van der Waals surface area contributed by atoms with Crippen LogP contribution in [0.2, 0.25) is 0 Å². The first-order chi connectivity index (χ1) is 12.8. The minimum Gasteiger partial charge on any atom is -0.504 e. The van der Waals surface area contributed by atoms with Crippen LogP contribution >= 0.6 is 0 Å². The van der Waals surface area contributed by atoms with Crippen LogP contribution in [0.25, 0.3) is 11.2 Å². The van der Waals surface area contributed by atoms with Gasteiger partial charge in [-0.3, -0.25) is 14.6 Å². The minimum atomic E-state index is -1.39. The molecule has 0 radical (unpaired) electrons. The van der Waals surface area contributed by atoms with Gasteiger partial charge in [0.15, 0.2) is 28.8 Å². The van der Waals surface area contributed by atoms with Crippen molar-refractivity contribution >= 4 is 23.0 Å². The molecule has 2 heterocycles. The highest BCUT2D eigenvalue weighted by Gasteiger charge is 2.18. The summed E-state index contributed by atoms with van der Waals surface area (Å²) in [5, 5.41) is 31.4. The molecule has 0 saturated heterocycles. The lowest BCUT2D eigenvalue weighted by atomic mass is 10.1. The van der Waals surface area contributed by atoms with Crippen molar-refractivity contribution in [2.45, 2.75) is 19.1 Å². The molecular formula is C16H18N6O5. The number of nitrogens with two attached hydrogens (primary N) is 1. The average Bonchev–Trinajstić information content (AvgIpc) is 3.01. The van der Waals surface area contributed by atoms with Crippen molar-refractivity contribution in [1.82, 2.24) is 24.8 Å². The number of rotatable bonds is 6. The molecule has 2 aromatic heterocycles. The SMILES string of the molecule is Nc1nc2c(ncn2CC(O)C(=O)NCCc2ccc(O)c(O)c2)c(=O)[nH]1. The molecule has 142 valence electrons. The highest BCUT2D eigenvalue weighted by atomic mass is 16.3. The smallest absolute Gasteiger partial charge is 0.280 e. The minimum absolute atomic E-state index is 0.0592. The van der Waals surface area contributed by atoms with E-state index in [2.05, 4.69) is 20.3 Å². The fourth-order valence-corrected chi connectivity index (χ4v) is 2.55. The van der Waals surface area contributed by atoms with Crippen LogP contribution in [0.15, 0.2) is 29.3 Å². The molecule has 1 amide bonds. The maximum Gasteiger partial charge on any atom is 0.280 e. The van der Waals surface area contributed by atoms with Crippen LogP contribution in [0.3, 0.4) is 0 Å². The summed E-state index contributed by atoms with van der Waals surface area (Å²) >= 11 is 0. The number of carbonyl (C=O) groups excluding carboxylic acids is 1. The summed E-state index contributed by atoms with van der Waals surface area (Å²) in [4.78, 5) is 34.0. The first-order valence-corrected chi connectivity index (χ1v) is 8.02. The Balaban J connectivity index is 1.59. The number of aromatic nitrogens is 4. The number of carbonyl (C=O) groups is 1. The number of hydrogen-bond donors (Lipinski definition) is 6. The van der Waals surface area contributed by atoms with Gasteiger partial charge in [0, 0.05) is 6.54 Å². The Labute approximate surface area is 152 Å². The molecule has 7 N–H and O–H groups in total. The van der Waals surface area contributed by atoms with Gasteiger partial charge in [-0.15, -0.1) is 0 Å². The zero-order chi connectivity index (χ0) is 19.6. The van der Waals surface area contributed by atoms with Crippen molar-refractivity contribution in [2.75, 3.05) is 12.3 Å². The molecule has 0 bridgehead atoms. The number of amides is 1. The number of phenolic OH excluding ortho intramolecular Hbond substituents is 2. The second-order valence-electron chi connectivity index (χ2n) is 5.90. The molecule has 0 aliphatic carbocycles. The number of H-pyrrole nitrogens is 1. The molecule has 0 spiro atoms. The van der Waals surface area contributed by atoms with Gasteiger partial charge >= 0.3 is 0 Å². The number of nitrogen functional groups attached to an aromatic ring is 1. The second kappa shape index (κ2) is 7.33. The van der Waals surface area contributed by atoms with Crippen molar-refractivity contribution in [3.05, 3.63) is 40.4 Å². The van der Waals surface area contributed by atoms with Gasteiger partial charge in [0.05, 0.1) is 12.9 Å². The lowest BCUT2D eigenvalue weighted by Crippen LogP contribution is -2.38. The molecule has 27 heavy (non-hydrogen) atoms. The van der Waals surface area contributed by atoms with Crippen molar-refractivity contribution in [3.8, 4) is 11.5 Å². The Morgan fingerprint density at radius 3 is 2.85 bits per heavy atom. The Morgan fingerprint density at radius 2 is 2.11 bits per heavy atom. The van der Waals surface area contributed by atoms with Crippen LogP contribution in [0, 0.1) is 0 Å². The van der Waals surface area contributed by atoms with E-state index in [0.717, 1.165) is 0 Å². The summed E-state index contributed by atoms with van der Waals surface area (Å²) < 4.78 is 1.36. The summed E-state index contributed by atoms with van der Waals surface area (Å²) in [6.45, 7) is 0.0634. The molecule has 0 aliphatic rings. The van der Waals surface area contributed by atoms with Gasteiger partial charge < -0.3 is 30.9 Å². The Kier molecular flexibility index (Phi) is 4.94. The summed E-state index contributed by atoms with van der Waals surface area (Å²) in [6.07, 6.45) is 0.300. The van der Waals surface area contributed by atoms with Gasteiger partial charge in [0.25, 0.3) is 11.5 Å². The van der Waals surface area contributed by atoms with Crippen LogP contribution in [0.1, 0.15) is 5.56 Å². The van der Waals surface area contributed by atoms with E-state index >= 15 is 0 Å². The number of aliphatic hydroxyl groups excluding tert-OH is 1. The number of aliphatic hydroxyl groups is 1. The molecule has 0 aliphatic heterocycles. The number of hydrogen-bond acceptors (Lipinski definition) is 8. The molecule has 1 unspecified atom stereocenters. The summed E-state index contributed by atoms with van der Waals surface area (Å²) in [5.41, 5.74) is 5.93. The van der Waals surface area contributed by atoms with Crippen LogP contribution in [-0.2, 0) is 17.8 Å². The van der Waals surface area contributed by atoms with Gasteiger partial charge in [0.1, 0.15) is 0 Å². The topological polar surface area (TPSA) is 179 Å². The average molecular weight is 374 g/mol. The predicted octanol–water partition coefficient (Wildman–Crippen LogP) is -1.17. The molecule has 11 heteroatoms. The van der Waals surface area contributed by atoms with Crippen molar-refractivity contribution in [1.29, 1.82) is 0 Å². The van der Waals surface area contributed by atoms with E-state index in [1.54, 1.807) is 6.07 Å². The van der Waals surface area contributed by atoms with Crippen LogP contribution in [-0.4, -0.2) is 53.4 Å².